The summed E-state index contributed by atoms with van der Waals surface area (Å²) in [5.74, 6) is 0.721. The molecule has 0 aliphatic heterocycles. The molecule has 0 saturated carbocycles. The smallest absolute Gasteiger partial charge is 0.160 e. The normalized spacial score (nSPS) is 11.8. The molecule has 0 atom stereocenters. The summed E-state index contributed by atoms with van der Waals surface area (Å²) >= 11 is 3.67. The number of nitrogens with zero attached hydrogens (tertiary/aromatic N) is 3. The van der Waals surface area contributed by atoms with Gasteiger partial charge in [0.05, 0.1) is 31.8 Å². The second-order valence-corrected chi connectivity index (χ2v) is 12.5. The molecule has 0 N–H and O–H groups in total. The Hall–Kier alpha value is -4.97. The molecule has 3 nitrogen and oxygen atoms in total. The van der Waals surface area contributed by atoms with E-state index in [2.05, 4.69) is 109 Å². The van der Waals surface area contributed by atoms with E-state index >= 15 is 0 Å². The summed E-state index contributed by atoms with van der Waals surface area (Å²) < 4.78 is 5.06. The molecule has 0 aliphatic rings. The summed E-state index contributed by atoms with van der Waals surface area (Å²) in [5, 5.41) is 4.88. The fraction of sp³-hybridized carbons (Fsp3) is 0. The lowest BCUT2D eigenvalue weighted by atomic mass is 10.0. The van der Waals surface area contributed by atoms with Gasteiger partial charge in [0.15, 0.2) is 5.82 Å². The van der Waals surface area contributed by atoms with Crippen LogP contribution in [0.3, 0.4) is 0 Å². The molecule has 4 heterocycles. The molecule has 0 aliphatic carbocycles. The summed E-state index contributed by atoms with van der Waals surface area (Å²) in [7, 11) is 0. The second kappa shape index (κ2) is 9.28. The molecule has 0 amide bonds. The van der Waals surface area contributed by atoms with Gasteiger partial charge in [-0.3, -0.25) is 0 Å². The topological polar surface area (TPSA) is 38.7 Å². The fourth-order valence-electron chi connectivity index (χ4n) is 5.91. The molecule has 9 rings (SSSR count). The van der Waals surface area contributed by atoms with Crippen molar-refractivity contribution in [3.05, 3.63) is 127 Å². The maximum absolute atomic E-state index is 5.34. The third kappa shape index (κ3) is 3.61. The Morgan fingerprint density at radius 2 is 1.00 bits per heavy atom. The summed E-state index contributed by atoms with van der Waals surface area (Å²) in [5.41, 5.74) is 7.15. The van der Waals surface area contributed by atoms with Crippen LogP contribution in [0, 0.1) is 0 Å². The Balaban J connectivity index is 1.25. The van der Waals surface area contributed by atoms with Gasteiger partial charge in [0, 0.05) is 47.6 Å². The number of pyridine rings is 1. The predicted octanol–water partition coefficient (Wildman–Crippen LogP) is 10.8. The van der Waals surface area contributed by atoms with Crippen molar-refractivity contribution in [2.75, 3.05) is 0 Å². The molecule has 196 valence electrons. The van der Waals surface area contributed by atoms with E-state index in [9.17, 15) is 0 Å². The molecular formula is C37H21N3S2. The van der Waals surface area contributed by atoms with E-state index in [1.54, 1.807) is 0 Å². The maximum atomic E-state index is 5.34. The van der Waals surface area contributed by atoms with Gasteiger partial charge >= 0.3 is 0 Å². The van der Waals surface area contributed by atoms with Crippen molar-refractivity contribution in [2.24, 2.45) is 0 Å². The van der Waals surface area contributed by atoms with E-state index < -0.39 is 0 Å². The zero-order valence-corrected chi connectivity index (χ0v) is 23.9. The number of benzene rings is 5. The molecule has 0 unspecified atom stereocenters. The molecule has 0 saturated heterocycles. The van der Waals surface area contributed by atoms with Gasteiger partial charge in [-0.05, 0) is 18.2 Å². The van der Waals surface area contributed by atoms with Crippen LogP contribution < -0.4 is 0 Å². The molecule has 9 aromatic rings. The number of para-hydroxylation sites is 1. The van der Waals surface area contributed by atoms with Gasteiger partial charge in [0.1, 0.15) is 0 Å². The predicted molar refractivity (Wildman–Crippen MR) is 179 cm³/mol. The third-order valence-corrected chi connectivity index (χ3v) is 10.3. The van der Waals surface area contributed by atoms with E-state index in [0.717, 1.165) is 50.3 Å². The van der Waals surface area contributed by atoms with Crippen molar-refractivity contribution < 1.29 is 0 Å². The monoisotopic (exact) mass is 571 g/mol. The lowest BCUT2D eigenvalue weighted by Crippen LogP contribution is -1.95. The molecule has 0 radical (unpaired) electrons. The van der Waals surface area contributed by atoms with Gasteiger partial charge in [0.25, 0.3) is 0 Å². The Bertz CT molecular complexity index is 2460. The fourth-order valence-corrected chi connectivity index (χ4v) is 8.40. The molecule has 5 heteroatoms. The first-order chi connectivity index (χ1) is 20.8. The number of aromatic nitrogens is 3. The highest BCUT2D eigenvalue weighted by atomic mass is 32.1. The van der Waals surface area contributed by atoms with Crippen molar-refractivity contribution >= 4 is 74.1 Å². The second-order valence-electron chi connectivity index (χ2n) is 10.4. The standard InChI is InChI=1S/C37H21N3S2/c1-2-10-22(11-3-1)32-25-12-4-7-15-28(25)38-37(40-32)24-20-18-23(19-21-24)33-35-31(26-13-5-8-16-29(26)41-35)36-34(39-33)27-14-6-9-17-30(27)42-36/h1-21H. The van der Waals surface area contributed by atoms with Crippen LogP contribution in [0.15, 0.2) is 127 Å². The first kappa shape index (κ1) is 23.7. The zero-order valence-electron chi connectivity index (χ0n) is 22.3. The van der Waals surface area contributed by atoms with E-state index in [0.29, 0.717) is 0 Å². The Morgan fingerprint density at radius 3 is 1.81 bits per heavy atom. The molecule has 0 bridgehead atoms. The average molecular weight is 572 g/mol. The van der Waals surface area contributed by atoms with Gasteiger partial charge in [-0.15, -0.1) is 22.7 Å². The van der Waals surface area contributed by atoms with Crippen molar-refractivity contribution in [1.29, 1.82) is 0 Å². The van der Waals surface area contributed by atoms with E-state index in [-0.39, 0.29) is 0 Å². The molecule has 5 aromatic carbocycles. The number of hydrogen-bond donors (Lipinski definition) is 0. The van der Waals surface area contributed by atoms with Crippen LogP contribution in [0.1, 0.15) is 0 Å². The van der Waals surface area contributed by atoms with Crippen molar-refractivity contribution in [1.82, 2.24) is 15.0 Å². The van der Waals surface area contributed by atoms with Gasteiger partial charge in [-0.1, -0.05) is 109 Å². The van der Waals surface area contributed by atoms with Crippen LogP contribution in [-0.2, 0) is 0 Å². The van der Waals surface area contributed by atoms with E-state index in [4.69, 9.17) is 15.0 Å². The van der Waals surface area contributed by atoms with Gasteiger partial charge in [-0.25, -0.2) is 15.0 Å². The van der Waals surface area contributed by atoms with Crippen molar-refractivity contribution in [2.45, 2.75) is 0 Å². The number of fused-ring (bicyclic) bond motifs is 8. The van der Waals surface area contributed by atoms with Gasteiger partial charge in [-0.2, -0.15) is 0 Å². The number of rotatable bonds is 3. The Labute approximate surface area is 249 Å². The largest absolute Gasteiger partial charge is 0.245 e. The van der Waals surface area contributed by atoms with Crippen LogP contribution in [0.2, 0.25) is 0 Å². The number of thiophene rings is 2. The molecule has 0 spiro atoms. The average Bonchev–Trinajstić information content (AvgIpc) is 3.63. The Kier molecular flexibility index (Phi) is 5.24. The van der Waals surface area contributed by atoms with E-state index in [1.807, 2.05) is 40.9 Å². The summed E-state index contributed by atoms with van der Waals surface area (Å²) in [6, 6.07) is 44.5. The van der Waals surface area contributed by atoms with Crippen LogP contribution in [0.4, 0.5) is 0 Å². The minimum absolute atomic E-state index is 0.721. The van der Waals surface area contributed by atoms with Crippen LogP contribution in [0.5, 0.6) is 0 Å². The third-order valence-electron chi connectivity index (χ3n) is 7.90. The highest BCUT2D eigenvalue weighted by Crippen LogP contribution is 2.47. The summed E-state index contributed by atoms with van der Waals surface area (Å²) in [6.45, 7) is 0. The highest BCUT2D eigenvalue weighted by molar-refractivity contribution is 7.30. The zero-order chi connectivity index (χ0) is 27.6. The van der Waals surface area contributed by atoms with Crippen LogP contribution in [-0.4, -0.2) is 15.0 Å². The maximum Gasteiger partial charge on any atom is 0.160 e. The van der Waals surface area contributed by atoms with E-state index in [1.165, 1.54) is 35.0 Å². The van der Waals surface area contributed by atoms with Crippen LogP contribution >= 0.6 is 22.7 Å². The first-order valence-electron chi connectivity index (χ1n) is 13.9. The van der Waals surface area contributed by atoms with Gasteiger partial charge < -0.3 is 0 Å². The summed E-state index contributed by atoms with van der Waals surface area (Å²) in [4.78, 5) is 15.4. The molecular weight excluding hydrogens is 551 g/mol. The number of hydrogen-bond acceptors (Lipinski definition) is 5. The van der Waals surface area contributed by atoms with Crippen LogP contribution in [0.25, 0.3) is 85.3 Å². The molecule has 0 fully saturated rings. The minimum atomic E-state index is 0.721. The van der Waals surface area contributed by atoms with Gasteiger partial charge in [0.2, 0.25) is 0 Å². The molecule has 42 heavy (non-hydrogen) atoms. The lowest BCUT2D eigenvalue weighted by molar-refractivity contribution is 1.23. The SMILES string of the molecule is c1ccc(-c2nc(-c3ccc(-c4nc5c6ccccc6sc5c5c4sc4ccccc45)cc3)nc3ccccc23)cc1. The van der Waals surface area contributed by atoms with Crippen molar-refractivity contribution in [3.8, 4) is 33.9 Å². The first-order valence-corrected chi connectivity index (χ1v) is 15.5. The summed E-state index contributed by atoms with van der Waals surface area (Å²) in [6.07, 6.45) is 0. The minimum Gasteiger partial charge on any atom is -0.245 e. The highest BCUT2D eigenvalue weighted by Gasteiger charge is 2.19. The Morgan fingerprint density at radius 1 is 0.405 bits per heavy atom. The quantitative estimate of drug-likeness (QED) is 0.212. The van der Waals surface area contributed by atoms with Crippen molar-refractivity contribution in [3.63, 3.8) is 0 Å². The molecule has 4 aromatic heterocycles. The lowest BCUT2D eigenvalue weighted by Gasteiger charge is -2.10.